The number of piperidine rings is 1. The van der Waals surface area contributed by atoms with Gasteiger partial charge in [0.1, 0.15) is 11.6 Å². The molecule has 3 heterocycles. The van der Waals surface area contributed by atoms with Crippen LogP contribution in [-0.2, 0) is 11.2 Å². The summed E-state index contributed by atoms with van der Waals surface area (Å²) in [6.07, 6.45) is 7.91. The van der Waals surface area contributed by atoms with Crippen molar-refractivity contribution in [2.24, 2.45) is 0 Å². The predicted molar refractivity (Wildman–Crippen MR) is 85.2 cm³/mol. The number of anilines is 1. The van der Waals surface area contributed by atoms with E-state index in [1.54, 1.807) is 24.7 Å². The SMILES string of the molecule is O=C(CCc1cc(Cl)no1)NC1CCCN(c2cnccn2)C1. The number of nitrogens with one attached hydrogen (secondary N) is 1. The Morgan fingerprint density at radius 3 is 3.13 bits per heavy atom. The molecule has 1 amide bonds. The van der Waals surface area contributed by atoms with Crippen LogP contribution in [0.3, 0.4) is 0 Å². The van der Waals surface area contributed by atoms with Crippen molar-refractivity contribution in [1.82, 2.24) is 20.4 Å². The van der Waals surface area contributed by atoms with E-state index < -0.39 is 0 Å². The quantitative estimate of drug-likeness (QED) is 0.897. The second kappa shape index (κ2) is 7.41. The third-order valence-electron chi connectivity index (χ3n) is 3.79. The first-order valence-electron chi connectivity index (χ1n) is 7.62. The van der Waals surface area contributed by atoms with Gasteiger partial charge in [-0.3, -0.25) is 9.78 Å². The number of aryl methyl sites for hydroxylation is 1. The Kier molecular flexibility index (Phi) is 5.07. The fraction of sp³-hybridized carbons (Fsp3) is 0.467. The van der Waals surface area contributed by atoms with Crippen LogP contribution < -0.4 is 10.2 Å². The lowest BCUT2D eigenvalue weighted by Gasteiger charge is -2.33. The molecule has 0 spiro atoms. The number of carbonyl (C=O) groups is 1. The molecular weight excluding hydrogens is 318 g/mol. The Hall–Kier alpha value is -2.15. The van der Waals surface area contributed by atoms with Crippen LogP contribution in [0.5, 0.6) is 0 Å². The highest BCUT2D eigenvalue weighted by Gasteiger charge is 2.22. The largest absolute Gasteiger partial charge is 0.360 e. The van der Waals surface area contributed by atoms with Crippen LogP contribution in [0.2, 0.25) is 5.15 Å². The number of halogens is 1. The average Bonchev–Trinajstić information content (AvgIpc) is 3.00. The van der Waals surface area contributed by atoms with Crippen molar-refractivity contribution in [3.63, 3.8) is 0 Å². The van der Waals surface area contributed by atoms with Crippen LogP contribution in [0.4, 0.5) is 5.82 Å². The van der Waals surface area contributed by atoms with Gasteiger partial charge in [-0.15, -0.1) is 0 Å². The van der Waals surface area contributed by atoms with Gasteiger partial charge in [0, 0.05) is 50.4 Å². The van der Waals surface area contributed by atoms with Crippen molar-refractivity contribution in [2.45, 2.75) is 31.7 Å². The molecule has 2 aromatic rings. The highest BCUT2D eigenvalue weighted by Crippen LogP contribution is 2.17. The molecule has 23 heavy (non-hydrogen) atoms. The highest BCUT2D eigenvalue weighted by atomic mass is 35.5. The molecule has 0 aromatic carbocycles. The van der Waals surface area contributed by atoms with E-state index in [9.17, 15) is 4.79 Å². The monoisotopic (exact) mass is 335 g/mol. The first kappa shape index (κ1) is 15.7. The zero-order chi connectivity index (χ0) is 16.1. The number of aromatic nitrogens is 3. The molecule has 0 radical (unpaired) electrons. The lowest BCUT2D eigenvalue weighted by atomic mass is 10.1. The van der Waals surface area contributed by atoms with Gasteiger partial charge in [-0.25, -0.2) is 4.98 Å². The van der Waals surface area contributed by atoms with E-state index in [-0.39, 0.29) is 11.9 Å². The normalized spacial score (nSPS) is 18.0. The molecule has 122 valence electrons. The molecule has 1 fully saturated rings. The number of nitrogens with zero attached hydrogens (tertiary/aromatic N) is 4. The number of hydrogen-bond acceptors (Lipinski definition) is 6. The molecule has 1 aliphatic rings. The van der Waals surface area contributed by atoms with E-state index in [2.05, 4.69) is 25.3 Å². The third kappa shape index (κ3) is 4.41. The van der Waals surface area contributed by atoms with Crippen molar-refractivity contribution < 1.29 is 9.32 Å². The molecule has 1 atom stereocenters. The van der Waals surface area contributed by atoms with Gasteiger partial charge in [0.05, 0.1) is 6.20 Å². The van der Waals surface area contributed by atoms with E-state index in [4.69, 9.17) is 16.1 Å². The van der Waals surface area contributed by atoms with Gasteiger partial charge < -0.3 is 14.7 Å². The Labute approximate surface area is 139 Å². The zero-order valence-corrected chi connectivity index (χ0v) is 13.4. The van der Waals surface area contributed by atoms with Gasteiger partial charge >= 0.3 is 0 Å². The summed E-state index contributed by atoms with van der Waals surface area (Å²) in [7, 11) is 0. The van der Waals surface area contributed by atoms with Gasteiger partial charge in [-0.05, 0) is 12.8 Å². The first-order valence-corrected chi connectivity index (χ1v) is 8.00. The molecule has 0 bridgehead atoms. The van der Waals surface area contributed by atoms with Crippen molar-refractivity contribution in [2.75, 3.05) is 18.0 Å². The number of rotatable bonds is 5. The maximum Gasteiger partial charge on any atom is 0.220 e. The lowest BCUT2D eigenvalue weighted by molar-refractivity contribution is -0.121. The van der Waals surface area contributed by atoms with E-state index in [1.807, 2.05) is 0 Å². The summed E-state index contributed by atoms with van der Waals surface area (Å²) < 4.78 is 4.99. The molecule has 1 saturated heterocycles. The molecule has 0 saturated carbocycles. The lowest BCUT2D eigenvalue weighted by Crippen LogP contribution is -2.48. The Morgan fingerprint density at radius 2 is 2.39 bits per heavy atom. The second-order valence-corrected chi connectivity index (χ2v) is 5.92. The van der Waals surface area contributed by atoms with Crippen molar-refractivity contribution >= 4 is 23.3 Å². The van der Waals surface area contributed by atoms with Crippen LogP contribution in [0.25, 0.3) is 0 Å². The van der Waals surface area contributed by atoms with Crippen LogP contribution in [0, 0.1) is 0 Å². The fourth-order valence-electron chi connectivity index (χ4n) is 2.70. The number of amides is 1. The van der Waals surface area contributed by atoms with E-state index in [1.165, 1.54) is 0 Å². The minimum Gasteiger partial charge on any atom is -0.360 e. The average molecular weight is 336 g/mol. The zero-order valence-electron chi connectivity index (χ0n) is 12.6. The number of hydrogen-bond donors (Lipinski definition) is 1. The van der Waals surface area contributed by atoms with Crippen LogP contribution in [0.1, 0.15) is 25.0 Å². The molecule has 1 aliphatic heterocycles. The molecule has 2 aromatic heterocycles. The Balaban J connectivity index is 1.48. The summed E-state index contributed by atoms with van der Waals surface area (Å²) in [5.41, 5.74) is 0. The summed E-state index contributed by atoms with van der Waals surface area (Å²) in [5.74, 6) is 1.47. The summed E-state index contributed by atoms with van der Waals surface area (Å²) in [5, 5.41) is 6.98. The van der Waals surface area contributed by atoms with Gasteiger partial charge in [-0.1, -0.05) is 16.8 Å². The van der Waals surface area contributed by atoms with E-state index >= 15 is 0 Å². The van der Waals surface area contributed by atoms with Gasteiger partial charge in [0.15, 0.2) is 5.15 Å². The summed E-state index contributed by atoms with van der Waals surface area (Å²) in [4.78, 5) is 22.6. The van der Waals surface area contributed by atoms with Crippen molar-refractivity contribution in [3.8, 4) is 0 Å². The fourth-order valence-corrected chi connectivity index (χ4v) is 2.86. The van der Waals surface area contributed by atoms with Gasteiger partial charge in [0.25, 0.3) is 0 Å². The molecule has 1 unspecified atom stereocenters. The maximum atomic E-state index is 12.1. The van der Waals surface area contributed by atoms with Crippen molar-refractivity contribution in [3.05, 3.63) is 35.6 Å². The molecule has 8 heteroatoms. The van der Waals surface area contributed by atoms with Crippen LogP contribution >= 0.6 is 11.6 Å². The van der Waals surface area contributed by atoms with Gasteiger partial charge in [0.2, 0.25) is 5.91 Å². The molecule has 7 nitrogen and oxygen atoms in total. The van der Waals surface area contributed by atoms with Crippen LogP contribution in [0.15, 0.2) is 29.2 Å². The minimum atomic E-state index is 0.00326. The summed E-state index contributed by atoms with van der Waals surface area (Å²) >= 11 is 5.68. The first-order chi connectivity index (χ1) is 11.2. The van der Waals surface area contributed by atoms with E-state index in [0.717, 1.165) is 31.7 Å². The van der Waals surface area contributed by atoms with Crippen molar-refractivity contribution in [1.29, 1.82) is 0 Å². The molecule has 1 N–H and O–H groups in total. The highest BCUT2D eigenvalue weighted by molar-refractivity contribution is 6.29. The third-order valence-corrected chi connectivity index (χ3v) is 3.97. The molecular formula is C15H18ClN5O2. The smallest absolute Gasteiger partial charge is 0.220 e. The molecule has 3 rings (SSSR count). The summed E-state index contributed by atoms with van der Waals surface area (Å²) in [6, 6.07) is 1.75. The minimum absolute atomic E-state index is 0.00326. The Morgan fingerprint density at radius 1 is 1.48 bits per heavy atom. The Bertz CT molecular complexity index is 648. The van der Waals surface area contributed by atoms with Crippen LogP contribution in [-0.4, -0.2) is 40.2 Å². The second-order valence-electron chi connectivity index (χ2n) is 5.53. The predicted octanol–water partition coefficient (Wildman–Crippen LogP) is 1.84. The van der Waals surface area contributed by atoms with E-state index in [0.29, 0.717) is 23.8 Å². The summed E-state index contributed by atoms with van der Waals surface area (Å²) in [6.45, 7) is 1.68. The number of carbonyl (C=O) groups excluding carboxylic acids is 1. The topological polar surface area (TPSA) is 84.2 Å². The molecule has 0 aliphatic carbocycles. The van der Waals surface area contributed by atoms with Gasteiger partial charge in [-0.2, -0.15) is 0 Å². The standard InChI is InChI=1S/C15H18ClN5O2/c16-13-8-12(23-20-13)3-4-15(22)19-11-2-1-7-21(10-11)14-9-17-5-6-18-14/h5-6,8-9,11H,1-4,7,10H2,(H,19,22). The maximum absolute atomic E-state index is 12.1.